The summed E-state index contributed by atoms with van der Waals surface area (Å²) in [5.41, 5.74) is 3.55. The molecule has 0 saturated carbocycles. The molecular formula is C17H19N3O2. The third kappa shape index (κ3) is 3.83. The summed E-state index contributed by atoms with van der Waals surface area (Å²) in [6, 6.07) is 13.6. The summed E-state index contributed by atoms with van der Waals surface area (Å²) in [7, 11) is 0. The van der Waals surface area contributed by atoms with E-state index in [-0.39, 0.29) is 5.91 Å². The van der Waals surface area contributed by atoms with E-state index in [9.17, 15) is 4.79 Å². The molecule has 0 spiro atoms. The maximum Gasteiger partial charge on any atom is 0.254 e. The lowest BCUT2D eigenvalue weighted by Gasteiger charge is -2.11. The van der Waals surface area contributed by atoms with E-state index in [4.69, 9.17) is 4.42 Å². The molecule has 1 aromatic carbocycles. The van der Waals surface area contributed by atoms with E-state index in [1.165, 1.54) is 19.1 Å². The predicted molar refractivity (Wildman–Crippen MR) is 85.6 cm³/mol. The van der Waals surface area contributed by atoms with Crippen LogP contribution in [0.15, 0.2) is 52.0 Å². The monoisotopic (exact) mass is 297 g/mol. The number of furan rings is 1. The molecule has 5 nitrogen and oxygen atoms in total. The van der Waals surface area contributed by atoms with Crippen molar-refractivity contribution >= 4 is 12.1 Å². The molecule has 22 heavy (non-hydrogen) atoms. The Kier molecular flexibility index (Phi) is 4.65. The lowest BCUT2D eigenvalue weighted by molar-refractivity contribution is -0.121. The molecule has 1 fully saturated rings. The number of likely N-dealkylation sites (tertiary alicyclic amines) is 1. The zero-order chi connectivity index (χ0) is 15.2. The highest BCUT2D eigenvalue weighted by Gasteiger charge is 2.14. The summed E-state index contributed by atoms with van der Waals surface area (Å²) < 4.78 is 5.67. The van der Waals surface area contributed by atoms with Gasteiger partial charge in [-0.25, -0.2) is 5.43 Å². The minimum absolute atomic E-state index is 0.0898. The summed E-state index contributed by atoms with van der Waals surface area (Å²) in [6.45, 7) is 2.40. The Morgan fingerprint density at radius 3 is 2.73 bits per heavy atom. The number of hydrazone groups is 1. The summed E-state index contributed by atoms with van der Waals surface area (Å²) in [5, 5.41) is 3.95. The van der Waals surface area contributed by atoms with Gasteiger partial charge < -0.3 is 4.42 Å². The number of rotatable bonds is 5. The van der Waals surface area contributed by atoms with Gasteiger partial charge >= 0.3 is 0 Å². The number of hydrogen-bond donors (Lipinski definition) is 1. The number of hydrogen-bond acceptors (Lipinski definition) is 4. The molecule has 0 atom stereocenters. The Morgan fingerprint density at radius 2 is 1.95 bits per heavy atom. The fraction of sp³-hybridized carbons (Fsp3) is 0.294. The Morgan fingerprint density at radius 1 is 1.18 bits per heavy atom. The standard InChI is InChI=1S/C17H19N3O2/c21-17(13-20-10-4-5-11-20)19-18-12-15-8-9-16(22-15)14-6-2-1-3-7-14/h1-3,6-9,12H,4-5,10-11,13H2,(H,19,21)/b18-12+. The average Bonchev–Trinajstić information content (AvgIpc) is 3.20. The van der Waals surface area contributed by atoms with Crippen molar-refractivity contribution in [1.29, 1.82) is 0 Å². The summed E-state index contributed by atoms with van der Waals surface area (Å²) in [4.78, 5) is 13.8. The SMILES string of the molecule is O=C(CN1CCCC1)N/N=C/c1ccc(-c2ccccc2)o1. The molecule has 1 amide bonds. The van der Waals surface area contributed by atoms with Gasteiger partial charge in [0.2, 0.25) is 0 Å². The van der Waals surface area contributed by atoms with Gasteiger partial charge in [-0.05, 0) is 38.1 Å². The van der Waals surface area contributed by atoms with Gasteiger partial charge in [0.15, 0.2) is 0 Å². The summed E-state index contributed by atoms with van der Waals surface area (Å²) in [5.74, 6) is 1.30. The molecule has 1 N–H and O–H groups in total. The molecule has 1 aliphatic rings. The molecule has 1 aliphatic heterocycles. The van der Waals surface area contributed by atoms with Crippen LogP contribution < -0.4 is 5.43 Å². The van der Waals surface area contributed by atoms with Gasteiger partial charge in [0.25, 0.3) is 5.91 Å². The number of amides is 1. The quantitative estimate of drug-likeness (QED) is 0.681. The van der Waals surface area contributed by atoms with Gasteiger partial charge in [-0.3, -0.25) is 9.69 Å². The van der Waals surface area contributed by atoms with Crippen molar-refractivity contribution in [1.82, 2.24) is 10.3 Å². The Hall–Kier alpha value is -2.40. The first-order valence-electron chi connectivity index (χ1n) is 7.51. The van der Waals surface area contributed by atoms with E-state index in [1.807, 2.05) is 42.5 Å². The second-order valence-corrected chi connectivity index (χ2v) is 5.34. The second kappa shape index (κ2) is 7.04. The lowest BCUT2D eigenvalue weighted by Crippen LogP contribution is -2.33. The highest BCUT2D eigenvalue weighted by Crippen LogP contribution is 2.20. The van der Waals surface area contributed by atoms with Crippen LogP contribution in [-0.4, -0.2) is 36.7 Å². The molecule has 2 heterocycles. The molecule has 5 heteroatoms. The highest BCUT2D eigenvalue weighted by atomic mass is 16.3. The van der Waals surface area contributed by atoms with Crippen LogP contribution in [0.2, 0.25) is 0 Å². The number of carbonyl (C=O) groups is 1. The first-order chi connectivity index (χ1) is 10.8. The van der Waals surface area contributed by atoms with Crippen molar-refractivity contribution in [3.05, 3.63) is 48.2 Å². The van der Waals surface area contributed by atoms with Crippen LogP contribution in [0.25, 0.3) is 11.3 Å². The van der Waals surface area contributed by atoms with Crippen molar-refractivity contribution in [3.8, 4) is 11.3 Å². The summed E-state index contributed by atoms with van der Waals surface area (Å²) >= 11 is 0. The zero-order valence-electron chi connectivity index (χ0n) is 12.4. The van der Waals surface area contributed by atoms with E-state index in [0.717, 1.165) is 24.4 Å². The lowest BCUT2D eigenvalue weighted by atomic mass is 10.2. The van der Waals surface area contributed by atoms with E-state index in [2.05, 4.69) is 15.4 Å². The van der Waals surface area contributed by atoms with Crippen LogP contribution >= 0.6 is 0 Å². The molecule has 0 aliphatic carbocycles. The third-order valence-corrected chi connectivity index (χ3v) is 3.63. The Balaban J connectivity index is 1.52. The molecule has 0 radical (unpaired) electrons. The van der Waals surface area contributed by atoms with Gasteiger partial charge in [-0.1, -0.05) is 30.3 Å². The van der Waals surface area contributed by atoms with Crippen LogP contribution in [0.3, 0.4) is 0 Å². The van der Waals surface area contributed by atoms with Gasteiger partial charge in [-0.15, -0.1) is 0 Å². The molecule has 1 saturated heterocycles. The minimum Gasteiger partial charge on any atom is -0.455 e. The molecule has 3 rings (SSSR count). The maximum absolute atomic E-state index is 11.7. The van der Waals surface area contributed by atoms with E-state index < -0.39 is 0 Å². The fourth-order valence-corrected chi connectivity index (χ4v) is 2.53. The number of benzene rings is 1. The fourth-order valence-electron chi connectivity index (χ4n) is 2.53. The summed E-state index contributed by atoms with van der Waals surface area (Å²) in [6.07, 6.45) is 3.87. The van der Waals surface area contributed by atoms with Crippen LogP contribution in [-0.2, 0) is 4.79 Å². The smallest absolute Gasteiger partial charge is 0.254 e. The minimum atomic E-state index is -0.0898. The number of carbonyl (C=O) groups excluding carboxylic acids is 1. The normalized spacial score (nSPS) is 15.5. The van der Waals surface area contributed by atoms with Crippen LogP contribution in [0.1, 0.15) is 18.6 Å². The molecule has 114 valence electrons. The van der Waals surface area contributed by atoms with E-state index in [1.54, 1.807) is 0 Å². The zero-order valence-corrected chi connectivity index (χ0v) is 12.4. The highest BCUT2D eigenvalue weighted by molar-refractivity contribution is 5.82. The van der Waals surface area contributed by atoms with E-state index >= 15 is 0 Å². The van der Waals surface area contributed by atoms with Crippen molar-refractivity contribution in [3.63, 3.8) is 0 Å². The predicted octanol–water partition coefficient (Wildman–Crippen LogP) is 2.49. The Bertz CT molecular complexity index is 643. The van der Waals surface area contributed by atoms with Crippen molar-refractivity contribution in [2.75, 3.05) is 19.6 Å². The largest absolute Gasteiger partial charge is 0.455 e. The average molecular weight is 297 g/mol. The van der Waals surface area contributed by atoms with Gasteiger partial charge in [0.1, 0.15) is 11.5 Å². The van der Waals surface area contributed by atoms with Crippen molar-refractivity contribution < 1.29 is 9.21 Å². The number of nitrogens with one attached hydrogen (secondary N) is 1. The van der Waals surface area contributed by atoms with Gasteiger partial charge in [-0.2, -0.15) is 5.10 Å². The molecule has 2 aromatic rings. The second-order valence-electron chi connectivity index (χ2n) is 5.34. The topological polar surface area (TPSA) is 57.8 Å². The molecular weight excluding hydrogens is 278 g/mol. The number of nitrogens with zero attached hydrogens (tertiary/aromatic N) is 2. The van der Waals surface area contributed by atoms with Gasteiger partial charge in [0, 0.05) is 5.56 Å². The third-order valence-electron chi connectivity index (χ3n) is 3.63. The molecule has 0 unspecified atom stereocenters. The van der Waals surface area contributed by atoms with Crippen LogP contribution in [0.4, 0.5) is 0 Å². The van der Waals surface area contributed by atoms with Crippen molar-refractivity contribution in [2.24, 2.45) is 5.10 Å². The first kappa shape index (κ1) is 14.5. The first-order valence-corrected chi connectivity index (χ1v) is 7.51. The van der Waals surface area contributed by atoms with Crippen molar-refractivity contribution in [2.45, 2.75) is 12.8 Å². The van der Waals surface area contributed by atoms with E-state index in [0.29, 0.717) is 12.3 Å². The van der Waals surface area contributed by atoms with Gasteiger partial charge in [0.05, 0.1) is 12.8 Å². The van der Waals surface area contributed by atoms with Crippen LogP contribution in [0, 0.1) is 0 Å². The van der Waals surface area contributed by atoms with Crippen LogP contribution in [0.5, 0.6) is 0 Å². The maximum atomic E-state index is 11.7. The molecule has 1 aromatic heterocycles. The Labute approximate surface area is 129 Å². The molecule has 0 bridgehead atoms.